The summed E-state index contributed by atoms with van der Waals surface area (Å²) in [6, 6.07) is 13.4. The SMILES string of the molecule is COc1cc(N)cc(-c2nnnn2-c2ccc(C)cc2)c1. The van der Waals surface area contributed by atoms with Gasteiger partial charge >= 0.3 is 0 Å². The lowest BCUT2D eigenvalue weighted by atomic mass is 10.1. The van der Waals surface area contributed by atoms with E-state index in [2.05, 4.69) is 15.5 Å². The van der Waals surface area contributed by atoms with Crippen LogP contribution < -0.4 is 10.5 Å². The fourth-order valence-corrected chi connectivity index (χ4v) is 2.10. The van der Waals surface area contributed by atoms with Gasteiger partial charge in [-0.2, -0.15) is 4.68 Å². The summed E-state index contributed by atoms with van der Waals surface area (Å²) in [5.41, 5.74) is 9.37. The van der Waals surface area contributed by atoms with E-state index >= 15 is 0 Å². The number of hydrogen-bond acceptors (Lipinski definition) is 5. The molecule has 0 atom stereocenters. The average molecular weight is 281 g/mol. The molecule has 0 saturated heterocycles. The first-order valence-corrected chi connectivity index (χ1v) is 6.48. The van der Waals surface area contributed by atoms with E-state index < -0.39 is 0 Å². The second kappa shape index (κ2) is 5.24. The molecule has 1 heterocycles. The number of nitrogens with two attached hydrogens (primary N) is 1. The summed E-state index contributed by atoms with van der Waals surface area (Å²) in [7, 11) is 1.60. The predicted octanol–water partition coefficient (Wildman–Crippen LogP) is 2.23. The molecule has 0 radical (unpaired) electrons. The number of nitrogen functional groups attached to an aromatic ring is 1. The molecule has 0 unspecified atom stereocenters. The van der Waals surface area contributed by atoms with Crippen LogP contribution in [0.5, 0.6) is 5.75 Å². The van der Waals surface area contributed by atoms with Gasteiger partial charge in [-0.25, -0.2) is 0 Å². The van der Waals surface area contributed by atoms with Crippen molar-refractivity contribution in [2.75, 3.05) is 12.8 Å². The van der Waals surface area contributed by atoms with Crippen LogP contribution in [0.15, 0.2) is 42.5 Å². The highest BCUT2D eigenvalue weighted by molar-refractivity contribution is 5.65. The topological polar surface area (TPSA) is 78.8 Å². The molecule has 1 aromatic heterocycles. The van der Waals surface area contributed by atoms with Crippen molar-refractivity contribution in [3.8, 4) is 22.8 Å². The molecule has 0 aliphatic carbocycles. The maximum atomic E-state index is 5.89. The number of aromatic nitrogens is 4. The molecule has 21 heavy (non-hydrogen) atoms. The van der Waals surface area contributed by atoms with Crippen molar-refractivity contribution in [3.63, 3.8) is 0 Å². The molecule has 0 amide bonds. The van der Waals surface area contributed by atoms with Gasteiger partial charge in [0, 0.05) is 17.3 Å². The molecule has 106 valence electrons. The monoisotopic (exact) mass is 281 g/mol. The summed E-state index contributed by atoms with van der Waals surface area (Å²) in [6.07, 6.45) is 0. The summed E-state index contributed by atoms with van der Waals surface area (Å²) in [6.45, 7) is 2.03. The van der Waals surface area contributed by atoms with Crippen LogP contribution in [0.25, 0.3) is 17.1 Å². The molecule has 0 aliphatic rings. The Bertz CT molecular complexity index is 764. The fourth-order valence-electron chi connectivity index (χ4n) is 2.10. The first kappa shape index (κ1) is 13.1. The molecule has 0 bridgehead atoms. The molecular weight excluding hydrogens is 266 g/mol. The normalized spacial score (nSPS) is 10.6. The van der Waals surface area contributed by atoms with E-state index in [0.29, 0.717) is 17.3 Å². The van der Waals surface area contributed by atoms with Crippen LogP contribution in [0, 0.1) is 6.92 Å². The third-order valence-electron chi connectivity index (χ3n) is 3.17. The molecule has 0 fully saturated rings. The molecule has 3 rings (SSSR count). The van der Waals surface area contributed by atoms with Crippen LogP contribution in [0.2, 0.25) is 0 Å². The summed E-state index contributed by atoms with van der Waals surface area (Å²) in [5.74, 6) is 1.29. The second-order valence-electron chi connectivity index (χ2n) is 4.74. The molecular formula is C15H15N5O. The minimum atomic E-state index is 0.600. The number of rotatable bonds is 3. The van der Waals surface area contributed by atoms with Crippen molar-refractivity contribution < 1.29 is 4.74 Å². The molecule has 6 heteroatoms. The first-order chi connectivity index (χ1) is 10.2. The number of hydrogen-bond donors (Lipinski definition) is 1. The van der Waals surface area contributed by atoms with E-state index in [4.69, 9.17) is 10.5 Å². The van der Waals surface area contributed by atoms with Gasteiger partial charge in [-0.1, -0.05) is 17.7 Å². The van der Waals surface area contributed by atoms with Crippen molar-refractivity contribution in [3.05, 3.63) is 48.0 Å². The lowest BCUT2D eigenvalue weighted by Crippen LogP contribution is -2.00. The van der Waals surface area contributed by atoms with Gasteiger partial charge in [0.1, 0.15) is 5.75 Å². The summed E-state index contributed by atoms with van der Waals surface area (Å²) < 4.78 is 6.91. The maximum absolute atomic E-state index is 5.89. The van der Waals surface area contributed by atoms with Crippen LogP contribution in [0.4, 0.5) is 5.69 Å². The molecule has 6 nitrogen and oxygen atoms in total. The number of ether oxygens (including phenoxy) is 1. The quantitative estimate of drug-likeness (QED) is 0.745. The van der Waals surface area contributed by atoms with Crippen LogP contribution in [0.3, 0.4) is 0 Å². The van der Waals surface area contributed by atoms with Crippen LogP contribution in [-0.4, -0.2) is 27.3 Å². The van der Waals surface area contributed by atoms with Gasteiger partial charge in [0.2, 0.25) is 0 Å². The Balaban J connectivity index is 2.10. The van der Waals surface area contributed by atoms with Crippen LogP contribution in [0.1, 0.15) is 5.56 Å². The molecule has 3 aromatic rings. The molecule has 0 aliphatic heterocycles. The van der Waals surface area contributed by atoms with E-state index in [-0.39, 0.29) is 0 Å². The highest BCUT2D eigenvalue weighted by Gasteiger charge is 2.12. The van der Waals surface area contributed by atoms with Gasteiger partial charge in [-0.05, 0) is 41.6 Å². The van der Waals surface area contributed by atoms with Gasteiger partial charge in [0.05, 0.1) is 12.8 Å². The van der Waals surface area contributed by atoms with Gasteiger partial charge in [-0.3, -0.25) is 0 Å². The highest BCUT2D eigenvalue weighted by atomic mass is 16.5. The van der Waals surface area contributed by atoms with Crippen molar-refractivity contribution in [1.82, 2.24) is 20.2 Å². The van der Waals surface area contributed by atoms with E-state index in [9.17, 15) is 0 Å². The van der Waals surface area contributed by atoms with Gasteiger partial charge < -0.3 is 10.5 Å². The molecule has 2 aromatic carbocycles. The Hall–Kier alpha value is -2.89. The zero-order chi connectivity index (χ0) is 14.8. The predicted molar refractivity (Wildman–Crippen MR) is 80.3 cm³/mol. The number of anilines is 1. The maximum Gasteiger partial charge on any atom is 0.187 e. The van der Waals surface area contributed by atoms with E-state index in [1.54, 1.807) is 17.9 Å². The number of benzene rings is 2. The van der Waals surface area contributed by atoms with Crippen molar-refractivity contribution in [2.45, 2.75) is 6.92 Å². The Labute approximate surface area is 122 Å². The Kier molecular flexibility index (Phi) is 3.27. The minimum Gasteiger partial charge on any atom is -0.497 e. The number of aryl methyl sites for hydroxylation is 1. The third-order valence-corrected chi connectivity index (χ3v) is 3.17. The smallest absolute Gasteiger partial charge is 0.187 e. The van der Waals surface area contributed by atoms with E-state index in [0.717, 1.165) is 11.3 Å². The molecule has 2 N–H and O–H groups in total. The Morgan fingerprint density at radius 3 is 2.57 bits per heavy atom. The first-order valence-electron chi connectivity index (χ1n) is 6.48. The fraction of sp³-hybridized carbons (Fsp3) is 0.133. The third kappa shape index (κ3) is 2.55. The standard InChI is InChI=1S/C15H15N5O/c1-10-3-5-13(6-4-10)20-15(17-18-19-20)11-7-12(16)9-14(8-11)21-2/h3-9H,16H2,1-2H3. The van der Waals surface area contributed by atoms with Crippen LogP contribution >= 0.6 is 0 Å². The summed E-state index contributed by atoms with van der Waals surface area (Å²) >= 11 is 0. The van der Waals surface area contributed by atoms with Gasteiger partial charge in [0.25, 0.3) is 0 Å². The number of nitrogens with zero attached hydrogens (tertiary/aromatic N) is 4. The van der Waals surface area contributed by atoms with Crippen molar-refractivity contribution in [1.29, 1.82) is 0 Å². The lowest BCUT2D eigenvalue weighted by Gasteiger charge is -2.08. The minimum absolute atomic E-state index is 0.600. The molecule has 0 saturated carbocycles. The Morgan fingerprint density at radius 2 is 1.86 bits per heavy atom. The van der Waals surface area contributed by atoms with Gasteiger partial charge in [-0.15, -0.1) is 5.10 Å². The van der Waals surface area contributed by atoms with E-state index in [1.165, 1.54) is 5.56 Å². The number of tetrazole rings is 1. The molecule has 0 spiro atoms. The zero-order valence-electron chi connectivity index (χ0n) is 11.8. The van der Waals surface area contributed by atoms with Crippen LogP contribution in [-0.2, 0) is 0 Å². The highest BCUT2D eigenvalue weighted by Crippen LogP contribution is 2.26. The summed E-state index contributed by atoms with van der Waals surface area (Å²) in [5, 5.41) is 11.9. The summed E-state index contributed by atoms with van der Waals surface area (Å²) in [4.78, 5) is 0. The average Bonchev–Trinajstić information content (AvgIpc) is 2.97. The van der Waals surface area contributed by atoms with E-state index in [1.807, 2.05) is 43.3 Å². The lowest BCUT2D eigenvalue weighted by molar-refractivity contribution is 0.415. The second-order valence-corrected chi connectivity index (χ2v) is 4.74. The number of methoxy groups -OCH3 is 1. The van der Waals surface area contributed by atoms with Crippen molar-refractivity contribution in [2.24, 2.45) is 0 Å². The van der Waals surface area contributed by atoms with Gasteiger partial charge in [0.15, 0.2) is 5.82 Å². The van der Waals surface area contributed by atoms with Crippen molar-refractivity contribution >= 4 is 5.69 Å². The largest absolute Gasteiger partial charge is 0.497 e. The zero-order valence-corrected chi connectivity index (χ0v) is 11.8. The Morgan fingerprint density at radius 1 is 1.10 bits per heavy atom.